The minimum atomic E-state index is -0.566. The van der Waals surface area contributed by atoms with Crippen LogP contribution in [0.15, 0.2) is 42.5 Å². The smallest absolute Gasteiger partial charge is 0.126 e. The highest BCUT2D eigenvalue weighted by molar-refractivity contribution is 7.17. The van der Waals surface area contributed by atoms with E-state index in [1.807, 2.05) is 24.3 Å². The molecule has 5 heteroatoms. The van der Waals surface area contributed by atoms with Crippen LogP contribution in [0.3, 0.4) is 0 Å². The number of hydrogen-bond donors (Lipinski definition) is 1. The van der Waals surface area contributed by atoms with Gasteiger partial charge in [0.1, 0.15) is 17.4 Å². The lowest BCUT2D eigenvalue weighted by Crippen LogP contribution is -2.16. The second kappa shape index (κ2) is 6.78. The molecule has 2 unspecified atom stereocenters. The standard InChI is InChI=1S/C15H16F2NOP/c1-19-14-4-2-3-11(7-14)15(20)18-9-10-5-12(16)8-13(17)6-10/h2-8,15,18H,9,20H2,1H3. The molecule has 0 aromatic heterocycles. The number of benzene rings is 2. The third-order valence-electron chi connectivity index (χ3n) is 2.90. The lowest BCUT2D eigenvalue weighted by atomic mass is 10.2. The van der Waals surface area contributed by atoms with Gasteiger partial charge in [0, 0.05) is 18.4 Å². The summed E-state index contributed by atoms with van der Waals surface area (Å²) in [7, 11) is 4.27. The molecule has 2 nitrogen and oxygen atoms in total. The first-order valence-corrected chi connectivity index (χ1v) is 6.83. The van der Waals surface area contributed by atoms with E-state index in [1.165, 1.54) is 12.1 Å². The number of ether oxygens (including phenoxy) is 1. The monoisotopic (exact) mass is 295 g/mol. The lowest BCUT2D eigenvalue weighted by Gasteiger charge is -2.15. The molecule has 1 N–H and O–H groups in total. The van der Waals surface area contributed by atoms with Crippen LogP contribution in [-0.4, -0.2) is 7.11 Å². The van der Waals surface area contributed by atoms with Crippen molar-refractivity contribution < 1.29 is 13.5 Å². The van der Waals surface area contributed by atoms with Crippen molar-refractivity contribution in [3.05, 3.63) is 65.2 Å². The van der Waals surface area contributed by atoms with E-state index in [1.54, 1.807) is 7.11 Å². The lowest BCUT2D eigenvalue weighted by molar-refractivity contribution is 0.414. The van der Waals surface area contributed by atoms with E-state index in [-0.39, 0.29) is 5.78 Å². The molecule has 0 fully saturated rings. The summed E-state index contributed by atoms with van der Waals surface area (Å²) in [6.07, 6.45) is 0. The molecule has 2 aromatic carbocycles. The van der Waals surface area contributed by atoms with E-state index < -0.39 is 11.6 Å². The number of methoxy groups -OCH3 is 1. The first kappa shape index (κ1) is 14.9. The summed E-state index contributed by atoms with van der Waals surface area (Å²) in [5, 5.41) is 3.20. The van der Waals surface area contributed by atoms with Gasteiger partial charge >= 0.3 is 0 Å². The minimum absolute atomic E-state index is 0.0311. The Kier molecular flexibility index (Phi) is 5.05. The van der Waals surface area contributed by atoms with Crippen LogP contribution in [0.1, 0.15) is 16.9 Å². The van der Waals surface area contributed by atoms with Crippen molar-refractivity contribution in [3.8, 4) is 5.75 Å². The number of rotatable bonds is 5. The Morgan fingerprint density at radius 1 is 1.15 bits per heavy atom. The zero-order chi connectivity index (χ0) is 14.5. The number of halogens is 2. The van der Waals surface area contributed by atoms with Crippen LogP contribution in [0.4, 0.5) is 8.78 Å². The van der Waals surface area contributed by atoms with Crippen LogP contribution < -0.4 is 10.1 Å². The maximum absolute atomic E-state index is 13.1. The van der Waals surface area contributed by atoms with E-state index in [0.717, 1.165) is 17.4 Å². The van der Waals surface area contributed by atoms with Crippen molar-refractivity contribution in [2.45, 2.75) is 12.3 Å². The molecule has 0 saturated carbocycles. The molecule has 0 amide bonds. The van der Waals surface area contributed by atoms with Gasteiger partial charge in [-0.2, -0.15) is 0 Å². The Balaban J connectivity index is 2.02. The zero-order valence-electron chi connectivity index (χ0n) is 11.1. The molecule has 0 radical (unpaired) electrons. The van der Waals surface area contributed by atoms with Crippen LogP contribution in [0.5, 0.6) is 5.75 Å². The Morgan fingerprint density at radius 3 is 2.50 bits per heavy atom. The van der Waals surface area contributed by atoms with Gasteiger partial charge in [-0.3, -0.25) is 0 Å². The Bertz CT molecular complexity index is 572. The molecule has 0 heterocycles. The van der Waals surface area contributed by atoms with Gasteiger partial charge in [-0.25, -0.2) is 8.78 Å². The fourth-order valence-corrected chi connectivity index (χ4v) is 2.22. The second-order valence-corrected chi connectivity index (χ2v) is 5.08. The van der Waals surface area contributed by atoms with Crippen LogP contribution >= 0.6 is 9.24 Å². The van der Waals surface area contributed by atoms with Crippen LogP contribution in [0, 0.1) is 11.6 Å². The molecule has 2 atom stereocenters. The largest absolute Gasteiger partial charge is 0.497 e. The summed E-state index contributed by atoms with van der Waals surface area (Å²) >= 11 is 0. The third-order valence-corrected chi connectivity index (χ3v) is 3.52. The van der Waals surface area contributed by atoms with Gasteiger partial charge in [-0.15, -0.1) is 9.24 Å². The fourth-order valence-electron chi connectivity index (χ4n) is 1.89. The predicted octanol–water partition coefficient (Wildman–Crippen LogP) is 3.64. The van der Waals surface area contributed by atoms with Gasteiger partial charge in [0.15, 0.2) is 0 Å². The Hall–Kier alpha value is -1.51. The summed E-state index contributed by atoms with van der Waals surface area (Å²) in [5.41, 5.74) is 1.59. The molecule has 0 aliphatic carbocycles. The molecule has 0 saturated heterocycles. The van der Waals surface area contributed by atoms with Gasteiger partial charge in [0.2, 0.25) is 0 Å². The normalized spacial score (nSPS) is 12.2. The summed E-state index contributed by atoms with van der Waals surface area (Å²) in [4.78, 5) is 0. The first-order chi connectivity index (χ1) is 9.58. The van der Waals surface area contributed by atoms with Crippen molar-refractivity contribution in [1.82, 2.24) is 5.32 Å². The molecule has 20 heavy (non-hydrogen) atoms. The summed E-state index contributed by atoms with van der Waals surface area (Å²) < 4.78 is 31.3. The van der Waals surface area contributed by atoms with E-state index in [9.17, 15) is 8.78 Å². The maximum atomic E-state index is 13.1. The molecular formula is C15H16F2NOP. The topological polar surface area (TPSA) is 21.3 Å². The van der Waals surface area contributed by atoms with E-state index in [2.05, 4.69) is 14.6 Å². The first-order valence-electron chi connectivity index (χ1n) is 6.16. The van der Waals surface area contributed by atoms with E-state index in [4.69, 9.17) is 4.74 Å². The Labute approximate surface area is 119 Å². The molecule has 2 rings (SSSR count). The van der Waals surface area contributed by atoms with Gasteiger partial charge in [-0.1, -0.05) is 12.1 Å². The van der Waals surface area contributed by atoms with Crippen LogP contribution in [0.2, 0.25) is 0 Å². The summed E-state index contributed by atoms with van der Waals surface area (Å²) in [6.45, 7) is 0.375. The van der Waals surface area contributed by atoms with Gasteiger partial charge < -0.3 is 10.1 Å². The highest BCUT2D eigenvalue weighted by atomic mass is 31.0. The SMILES string of the molecule is COc1cccc(C(P)NCc2cc(F)cc(F)c2)c1. The van der Waals surface area contributed by atoms with Crippen LogP contribution in [-0.2, 0) is 6.54 Å². The highest BCUT2D eigenvalue weighted by Crippen LogP contribution is 2.24. The zero-order valence-corrected chi connectivity index (χ0v) is 12.2. The minimum Gasteiger partial charge on any atom is -0.497 e. The van der Waals surface area contributed by atoms with Gasteiger partial charge in [0.25, 0.3) is 0 Å². The van der Waals surface area contributed by atoms with Gasteiger partial charge in [-0.05, 0) is 35.4 Å². The molecule has 2 aromatic rings. The summed E-state index contributed by atoms with van der Waals surface area (Å²) in [5.74, 6) is -0.392. The molecular weight excluding hydrogens is 279 g/mol. The fraction of sp³-hybridized carbons (Fsp3) is 0.200. The number of nitrogens with one attached hydrogen (secondary N) is 1. The molecule has 0 spiro atoms. The van der Waals surface area contributed by atoms with Crippen molar-refractivity contribution in [3.63, 3.8) is 0 Å². The Morgan fingerprint density at radius 2 is 1.85 bits per heavy atom. The number of hydrogen-bond acceptors (Lipinski definition) is 2. The second-order valence-electron chi connectivity index (χ2n) is 4.41. The quantitative estimate of drug-likeness (QED) is 0.850. The molecule has 0 aliphatic rings. The van der Waals surface area contributed by atoms with Crippen molar-refractivity contribution >= 4 is 9.24 Å². The van der Waals surface area contributed by atoms with Gasteiger partial charge in [0.05, 0.1) is 7.11 Å². The third kappa shape index (κ3) is 3.99. The average Bonchev–Trinajstić information content (AvgIpc) is 2.44. The highest BCUT2D eigenvalue weighted by Gasteiger charge is 2.07. The summed E-state index contributed by atoms with van der Waals surface area (Å²) in [6, 6.07) is 11.1. The van der Waals surface area contributed by atoms with Crippen molar-refractivity contribution in [2.75, 3.05) is 7.11 Å². The van der Waals surface area contributed by atoms with E-state index in [0.29, 0.717) is 12.1 Å². The van der Waals surface area contributed by atoms with Crippen molar-refractivity contribution in [2.24, 2.45) is 0 Å². The molecule has 106 valence electrons. The maximum Gasteiger partial charge on any atom is 0.126 e. The van der Waals surface area contributed by atoms with Crippen LogP contribution in [0.25, 0.3) is 0 Å². The molecule has 0 bridgehead atoms. The van der Waals surface area contributed by atoms with Crippen molar-refractivity contribution in [1.29, 1.82) is 0 Å². The average molecular weight is 295 g/mol. The van der Waals surface area contributed by atoms with E-state index >= 15 is 0 Å². The molecule has 0 aliphatic heterocycles. The predicted molar refractivity (Wildman–Crippen MR) is 78.6 cm³/mol.